The lowest BCUT2D eigenvalue weighted by Crippen LogP contribution is -2.39. The van der Waals surface area contributed by atoms with E-state index in [9.17, 15) is 18.0 Å². The summed E-state index contributed by atoms with van der Waals surface area (Å²) in [6.07, 6.45) is 4.39. The summed E-state index contributed by atoms with van der Waals surface area (Å²) in [5.74, 6) is -1.04. The maximum Gasteiger partial charge on any atom is 0.300 e. The topological polar surface area (TPSA) is 142 Å². The normalized spacial score (nSPS) is 16.9. The quantitative estimate of drug-likeness (QED) is 0.391. The van der Waals surface area contributed by atoms with Gasteiger partial charge in [-0.1, -0.05) is 23.2 Å². The van der Waals surface area contributed by atoms with Crippen LogP contribution in [0.3, 0.4) is 0 Å². The number of halogens is 2. The molecule has 1 atom stereocenters. The minimum Gasteiger partial charge on any atom is -0.365 e. The number of hydrogen-bond acceptors (Lipinski definition) is 9. The van der Waals surface area contributed by atoms with E-state index in [2.05, 4.69) is 26.1 Å². The first-order valence-corrected chi connectivity index (χ1v) is 12.8. The maximum atomic E-state index is 13.3. The van der Waals surface area contributed by atoms with E-state index in [1.807, 2.05) is 0 Å². The predicted molar refractivity (Wildman–Crippen MR) is 140 cm³/mol. The van der Waals surface area contributed by atoms with Crippen molar-refractivity contribution in [1.29, 1.82) is 0 Å². The number of anilines is 1. The molecule has 0 radical (unpaired) electrons. The molecule has 0 fully saturated rings. The third-order valence-electron chi connectivity index (χ3n) is 5.69. The molecule has 2 aromatic rings. The number of carbonyl (C=O) groups excluding carboxylic acids is 2. The molecule has 1 aromatic heterocycles. The number of allylic oxidation sites excluding steroid dienone is 2. The molecule has 194 valence electrons. The van der Waals surface area contributed by atoms with Crippen molar-refractivity contribution in [3.63, 3.8) is 0 Å². The molecule has 1 aromatic carbocycles. The van der Waals surface area contributed by atoms with Crippen molar-refractivity contribution in [1.82, 2.24) is 20.6 Å². The molecule has 11 nitrogen and oxygen atoms in total. The van der Waals surface area contributed by atoms with Gasteiger partial charge in [-0.15, -0.1) is 0 Å². The molecular weight excluding hydrogens is 543 g/mol. The van der Waals surface area contributed by atoms with Crippen LogP contribution in [0.5, 0.6) is 0 Å². The van der Waals surface area contributed by atoms with Crippen LogP contribution >= 0.6 is 23.2 Å². The number of aryl methyl sites for hydroxylation is 1. The standard InChI is InChI=1S/C23H22Cl2N6O5S/c1-12-8-14(24)9-15(23(33)26-2)19(12)29-22(32)13-5-6-18(36-37(34)35)31(11-13)21-16(10-28-30-21)20-17(25)4-3-7-27-20/h3-9,16,28,37H,10-11H2,1-2H3,(H,26,33)(H,29,32). The Morgan fingerprint density at radius 2 is 2.00 bits per heavy atom. The second-order valence-corrected chi connectivity index (χ2v) is 9.51. The van der Waals surface area contributed by atoms with Crippen molar-refractivity contribution in [2.75, 3.05) is 25.5 Å². The Hall–Kier alpha value is -3.61. The fourth-order valence-electron chi connectivity index (χ4n) is 3.99. The third kappa shape index (κ3) is 5.71. The number of nitrogens with one attached hydrogen (secondary N) is 3. The fourth-order valence-corrected chi connectivity index (χ4v) is 4.82. The Balaban J connectivity index is 1.66. The highest BCUT2D eigenvalue weighted by molar-refractivity contribution is 7.67. The number of amides is 2. The van der Waals surface area contributed by atoms with E-state index < -0.39 is 28.7 Å². The summed E-state index contributed by atoms with van der Waals surface area (Å²) in [7, 11) is -1.77. The smallest absolute Gasteiger partial charge is 0.300 e. The zero-order chi connectivity index (χ0) is 26.7. The van der Waals surface area contributed by atoms with Gasteiger partial charge in [0.25, 0.3) is 11.8 Å². The van der Waals surface area contributed by atoms with Crippen molar-refractivity contribution >= 4 is 57.5 Å². The van der Waals surface area contributed by atoms with Crippen molar-refractivity contribution in [2.45, 2.75) is 12.8 Å². The molecule has 2 amide bonds. The van der Waals surface area contributed by atoms with Crippen LogP contribution in [0.2, 0.25) is 10.0 Å². The van der Waals surface area contributed by atoms with Gasteiger partial charge < -0.3 is 20.2 Å². The van der Waals surface area contributed by atoms with Gasteiger partial charge >= 0.3 is 11.0 Å². The van der Waals surface area contributed by atoms with E-state index in [0.717, 1.165) is 0 Å². The number of aromatic nitrogens is 1. The number of benzene rings is 1. The molecule has 0 bridgehead atoms. The number of hydrazone groups is 1. The van der Waals surface area contributed by atoms with Crippen LogP contribution in [0.25, 0.3) is 0 Å². The zero-order valence-electron chi connectivity index (χ0n) is 19.6. The van der Waals surface area contributed by atoms with Gasteiger partial charge in [-0.05, 0) is 42.8 Å². The number of nitrogens with zero attached hydrogens (tertiary/aromatic N) is 3. The maximum absolute atomic E-state index is 13.3. The van der Waals surface area contributed by atoms with Crippen LogP contribution in [0, 0.1) is 6.92 Å². The first-order chi connectivity index (χ1) is 17.7. The molecule has 2 aliphatic rings. The van der Waals surface area contributed by atoms with Gasteiger partial charge in [0, 0.05) is 36.5 Å². The van der Waals surface area contributed by atoms with Gasteiger partial charge in [0.05, 0.1) is 34.4 Å². The lowest BCUT2D eigenvalue weighted by atomic mass is 10.0. The largest absolute Gasteiger partial charge is 0.365 e. The highest BCUT2D eigenvalue weighted by Crippen LogP contribution is 2.31. The van der Waals surface area contributed by atoms with Crippen LogP contribution < -0.4 is 16.1 Å². The molecule has 0 aliphatic carbocycles. The Morgan fingerprint density at radius 3 is 2.70 bits per heavy atom. The summed E-state index contributed by atoms with van der Waals surface area (Å²) in [5.41, 5.74) is 4.76. The minimum atomic E-state index is -3.24. The summed E-state index contributed by atoms with van der Waals surface area (Å²) in [6, 6.07) is 6.47. The SMILES string of the molecule is CNC(=O)c1cc(Cl)cc(C)c1NC(=O)C1=CC=C(O[SH](=O)=O)N(C2=NNCC2c2ncccc2Cl)C1. The third-order valence-corrected chi connectivity index (χ3v) is 6.56. The zero-order valence-corrected chi connectivity index (χ0v) is 22.0. The van der Waals surface area contributed by atoms with E-state index in [0.29, 0.717) is 39.4 Å². The Bertz CT molecular complexity index is 1430. The summed E-state index contributed by atoms with van der Waals surface area (Å²) in [4.78, 5) is 31.5. The van der Waals surface area contributed by atoms with Crippen LogP contribution in [0.15, 0.2) is 59.2 Å². The van der Waals surface area contributed by atoms with Gasteiger partial charge in [0.2, 0.25) is 5.88 Å². The molecule has 0 saturated heterocycles. The van der Waals surface area contributed by atoms with E-state index in [1.165, 1.54) is 30.2 Å². The van der Waals surface area contributed by atoms with Gasteiger partial charge in [-0.3, -0.25) is 19.5 Å². The van der Waals surface area contributed by atoms with Crippen molar-refractivity contribution < 1.29 is 22.2 Å². The molecule has 1 unspecified atom stereocenters. The lowest BCUT2D eigenvalue weighted by molar-refractivity contribution is -0.113. The van der Waals surface area contributed by atoms with Gasteiger partial charge in [0.15, 0.2) is 0 Å². The van der Waals surface area contributed by atoms with Crippen molar-refractivity contribution in [3.8, 4) is 0 Å². The number of rotatable bonds is 6. The van der Waals surface area contributed by atoms with Crippen molar-refractivity contribution in [2.24, 2.45) is 5.10 Å². The summed E-state index contributed by atoms with van der Waals surface area (Å²) in [5, 5.41) is 10.4. The Morgan fingerprint density at radius 1 is 1.22 bits per heavy atom. The average Bonchev–Trinajstić information content (AvgIpc) is 3.34. The molecule has 0 spiro atoms. The number of thiol groups is 1. The summed E-state index contributed by atoms with van der Waals surface area (Å²) < 4.78 is 27.8. The minimum absolute atomic E-state index is 0.0408. The fraction of sp³-hybridized carbons (Fsp3) is 0.217. The number of hydrogen-bond donors (Lipinski definition) is 4. The molecule has 4 rings (SSSR count). The predicted octanol–water partition coefficient (Wildman–Crippen LogP) is 2.32. The first-order valence-electron chi connectivity index (χ1n) is 10.9. The number of pyridine rings is 1. The molecule has 2 aliphatic heterocycles. The van der Waals surface area contributed by atoms with E-state index >= 15 is 0 Å². The van der Waals surface area contributed by atoms with E-state index in [1.54, 1.807) is 31.3 Å². The van der Waals surface area contributed by atoms with Crippen LogP contribution in [-0.4, -0.2) is 56.1 Å². The second kappa shape index (κ2) is 11.2. The number of carbonyl (C=O) groups is 2. The summed E-state index contributed by atoms with van der Waals surface area (Å²) >= 11 is 12.5. The van der Waals surface area contributed by atoms with Crippen LogP contribution in [0.4, 0.5) is 5.69 Å². The molecule has 37 heavy (non-hydrogen) atoms. The molecule has 3 N–H and O–H groups in total. The molecular formula is C23H22Cl2N6O5S. The highest BCUT2D eigenvalue weighted by Gasteiger charge is 2.35. The molecule has 3 heterocycles. The average molecular weight is 565 g/mol. The first kappa shape index (κ1) is 26.5. The molecule has 0 saturated carbocycles. The van der Waals surface area contributed by atoms with Crippen LogP contribution in [-0.2, 0) is 20.0 Å². The lowest BCUT2D eigenvalue weighted by Gasteiger charge is -2.30. The Kier molecular flexibility index (Phi) is 8.00. The monoisotopic (exact) mass is 564 g/mol. The van der Waals surface area contributed by atoms with Gasteiger partial charge in [-0.2, -0.15) is 13.5 Å². The van der Waals surface area contributed by atoms with Gasteiger partial charge in [0.1, 0.15) is 5.84 Å². The van der Waals surface area contributed by atoms with Gasteiger partial charge in [-0.25, -0.2) is 0 Å². The van der Waals surface area contributed by atoms with Crippen molar-refractivity contribution in [3.05, 3.63) is 80.9 Å². The van der Waals surface area contributed by atoms with Crippen LogP contribution in [0.1, 0.15) is 27.5 Å². The van der Waals surface area contributed by atoms with E-state index in [-0.39, 0.29) is 23.6 Å². The summed E-state index contributed by atoms with van der Waals surface area (Å²) in [6.45, 7) is 1.99. The number of amidine groups is 1. The second-order valence-electron chi connectivity index (χ2n) is 8.03. The Labute approximate surface area is 224 Å². The highest BCUT2D eigenvalue weighted by atomic mass is 35.5. The molecule has 14 heteroatoms. The van der Waals surface area contributed by atoms with E-state index in [4.69, 9.17) is 27.4 Å².